The van der Waals surface area contributed by atoms with Crippen molar-refractivity contribution in [3.8, 4) is 0 Å². The molecule has 0 atom stereocenters. The third kappa shape index (κ3) is 2.53. The van der Waals surface area contributed by atoms with E-state index in [1.165, 1.54) is 12.1 Å². The van der Waals surface area contributed by atoms with Gasteiger partial charge in [-0.3, -0.25) is 0 Å². The molecule has 2 aromatic rings. The summed E-state index contributed by atoms with van der Waals surface area (Å²) in [6.45, 7) is 9.13. The molecule has 1 aromatic heterocycles. The van der Waals surface area contributed by atoms with Crippen molar-refractivity contribution in [3.05, 3.63) is 29.8 Å². The van der Waals surface area contributed by atoms with Gasteiger partial charge < -0.3 is 9.88 Å². The summed E-state index contributed by atoms with van der Waals surface area (Å²) in [6, 6.07) is 5.50. The molecule has 0 fully saturated rings. The Morgan fingerprint density at radius 1 is 1.28 bits per heavy atom. The van der Waals surface area contributed by atoms with Crippen molar-refractivity contribution < 1.29 is 4.39 Å². The van der Waals surface area contributed by atoms with E-state index < -0.39 is 0 Å². The molecule has 0 saturated carbocycles. The Hall–Kier alpha value is -1.42. The largest absolute Gasteiger partial charge is 0.324 e. The first-order valence-electron chi connectivity index (χ1n) is 6.38. The van der Waals surface area contributed by atoms with Gasteiger partial charge in [0, 0.05) is 18.2 Å². The highest BCUT2D eigenvalue weighted by molar-refractivity contribution is 5.76. The summed E-state index contributed by atoms with van der Waals surface area (Å²) in [4.78, 5) is 4.53. The molecular weight excluding hydrogens is 229 g/mol. The van der Waals surface area contributed by atoms with Crippen molar-refractivity contribution in [2.75, 3.05) is 0 Å². The van der Waals surface area contributed by atoms with Gasteiger partial charge in [-0.2, -0.15) is 0 Å². The number of halogens is 1. The molecule has 4 heteroatoms. The van der Waals surface area contributed by atoms with Crippen molar-refractivity contribution >= 4 is 11.0 Å². The molecule has 18 heavy (non-hydrogen) atoms. The van der Waals surface area contributed by atoms with Crippen LogP contribution < -0.4 is 5.32 Å². The molecule has 0 aliphatic carbocycles. The fourth-order valence-corrected chi connectivity index (χ4v) is 2.12. The Morgan fingerprint density at radius 3 is 2.61 bits per heavy atom. The number of nitrogens with zero attached hydrogens (tertiary/aromatic N) is 2. The number of benzene rings is 1. The van der Waals surface area contributed by atoms with Gasteiger partial charge >= 0.3 is 0 Å². The van der Waals surface area contributed by atoms with E-state index in [0.717, 1.165) is 16.9 Å². The predicted molar refractivity (Wildman–Crippen MR) is 72.1 cm³/mol. The van der Waals surface area contributed by atoms with Crippen LogP contribution in [0.4, 0.5) is 4.39 Å². The van der Waals surface area contributed by atoms with Crippen LogP contribution >= 0.6 is 0 Å². The Bertz CT molecular complexity index is 543. The number of rotatable bonds is 4. The average molecular weight is 249 g/mol. The first-order chi connectivity index (χ1) is 8.49. The number of imidazole rings is 1. The molecular formula is C14H20FN3. The Morgan fingerprint density at radius 2 is 2.00 bits per heavy atom. The van der Waals surface area contributed by atoms with Crippen LogP contribution in [-0.4, -0.2) is 15.6 Å². The quantitative estimate of drug-likeness (QED) is 0.901. The molecule has 3 nitrogen and oxygen atoms in total. The molecule has 0 aliphatic heterocycles. The molecule has 98 valence electrons. The van der Waals surface area contributed by atoms with Crippen LogP contribution in [0.3, 0.4) is 0 Å². The van der Waals surface area contributed by atoms with Crippen LogP contribution in [0.15, 0.2) is 18.2 Å². The summed E-state index contributed by atoms with van der Waals surface area (Å²) in [5.41, 5.74) is 1.72. The lowest BCUT2D eigenvalue weighted by Crippen LogP contribution is -2.24. The topological polar surface area (TPSA) is 29.9 Å². The summed E-state index contributed by atoms with van der Waals surface area (Å²) in [5.74, 6) is 0.721. The summed E-state index contributed by atoms with van der Waals surface area (Å²) in [7, 11) is 0. The van der Waals surface area contributed by atoms with Crippen molar-refractivity contribution in [1.82, 2.24) is 14.9 Å². The first-order valence-corrected chi connectivity index (χ1v) is 6.38. The van der Waals surface area contributed by atoms with Gasteiger partial charge in [0.1, 0.15) is 11.6 Å². The van der Waals surface area contributed by atoms with Crippen molar-refractivity contribution in [2.24, 2.45) is 0 Å². The van der Waals surface area contributed by atoms with Gasteiger partial charge in [0.15, 0.2) is 0 Å². The molecule has 0 aliphatic rings. The highest BCUT2D eigenvalue weighted by atomic mass is 19.1. The minimum Gasteiger partial charge on any atom is -0.324 e. The normalized spacial score (nSPS) is 11.9. The van der Waals surface area contributed by atoms with E-state index in [1.807, 2.05) is 0 Å². The number of hydrogen-bond donors (Lipinski definition) is 1. The van der Waals surface area contributed by atoms with Crippen LogP contribution in [0.25, 0.3) is 11.0 Å². The zero-order valence-corrected chi connectivity index (χ0v) is 11.4. The van der Waals surface area contributed by atoms with E-state index in [9.17, 15) is 4.39 Å². The van der Waals surface area contributed by atoms with Gasteiger partial charge in [0.2, 0.25) is 0 Å². The summed E-state index contributed by atoms with van der Waals surface area (Å²) in [5, 5.41) is 3.36. The number of hydrogen-bond acceptors (Lipinski definition) is 2. The van der Waals surface area contributed by atoms with Crippen LogP contribution in [0, 0.1) is 5.82 Å². The Kier molecular flexibility index (Phi) is 3.66. The van der Waals surface area contributed by atoms with E-state index in [0.29, 0.717) is 18.6 Å². The van der Waals surface area contributed by atoms with Crippen LogP contribution in [0.2, 0.25) is 0 Å². The minimum atomic E-state index is -0.237. The smallest absolute Gasteiger partial charge is 0.125 e. The maximum atomic E-state index is 13.2. The number of fused-ring (bicyclic) bond motifs is 1. The predicted octanol–water partition coefficient (Wildman–Crippen LogP) is 3.25. The third-order valence-corrected chi connectivity index (χ3v) is 2.91. The van der Waals surface area contributed by atoms with Gasteiger partial charge in [-0.05, 0) is 26.0 Å². The molecule has 1 heterocycles. The van der Waals surface area contributed by atoms with E-state index in [4.69, 9.17) is 0 Å². The van der Waals surface area contributed by atoms with Gasteiger partial charge in [0.05, 0.1) is 17.6 Å². The maximum Gasteiger partial charge on any atom is 0.125 e. The van der Waals surface area contributed by atoms with Crippen molar-refractivity contribution in [2.45, 2.75) is 46.3 Å². The SMILES string of the molecule is CC(C)NCc1nc2cc(F)ccc2n1C(C)C. The lowest BCUT2D eigenvalue weighted by atomic mass is 10.3. The monoisotopic (exact) mass is 249 g/mol. The lowest BCUT2D eigenvalue weighted by molar-refractivity contribution is 0.524. The molecule has 1 N–H and O–H groups in total. The standard InChI is InChI=1S/C14H20FN3/c1-9(2)16-8-14-17-12-7-11(15)5-6-13(12)18(14)10(3)4/h5-7,9-10,16H,8H2,1-4H3. The zero-order chi connectivity index (χ0) is 13.3. The summed E-state index contributed by atoms with van der Waals surface area (Å²) >= 11 is 0. The lowest BCUT2D eigenvalue weighted by Gasteiger charge is -2.14. The zero-order valence-electron chi connectivity index (χ0n) is 11.4. The van der Waals surface area contributed by atoms with Gasteiger partial charge in [-0.1, -0.05) is 13.8 Å². The summed E-state index contributed by atoms with van der Waals surface area (Å²) < 4.78 is 15.4. The Balaban J connectivity index is 2.47. The molecule has 0 radical (unpaired) electrons. The number of aromatic nitrogens is 2. The minimum absolute atomic E-state index is 0.237. The fraction of sp³-hybridized carbons (Fsp3) is 0.500. The molecule has 0 saturated heterocycles. The number of nitrogens with one attached hydrogen (secondary N) is 1. The second-order valence-corrected chi connectivity index (χ2v) is 5.16. The van der Waals surface area contributed by atoms with E-state index in [2.05, 4.69) is 42.6 Å². The van der Waals surface area contributed by atoms with Crippen LogP contribution in [-0.2, 0) is 6.54 Å². The van der Waals surface area contributed by atoms with E-state index in [-0.39, 0.29) is 5.82 Å². The molecule has 0 spiro atoms. The van der Waals surface area contributed by atoms with Crippen molar-refractivity contribution in [3.63, 3.8) is 0 Å². The molecule has 0 amide bonds. The third-order valence-electron chi connectivity index (χ3n) is 2.91. The first kappa shape index (κ1) is 13.0. The highest BCUT2D eigenvalue weighted by Gasteiger charge is 2.13. The second kappa shape index (κ2) is 5.06. The fourth-order valence-electron chi connectivity index (χ4n) is 2.12. The second-order valence-electron chi connectivity index (χ2n) is 5.16. The highest BCUT2D eigenvalue weighted by Crippen LogP contribution is 2.21. The van der Waals surface area contributed by atoms with Crippen LogP contribution in [0.1, 0.15) is 39.6 Å². The molecule has 0 unspecified atom stereocenters. The van der Waals surface area contributed by atoms with Gasteiger partial charge in [-0.15, -0.1) is 0 Å². The van der Waals surface area contributed by atoms with Gasteiger partial charge in [0.25, 0.3) is 0 Å². The van der Waals surface area contributed by atoms with Gasteiger partial charge in [-0.25, -0.2) is 9.37 Å². The Labute approximate surface area is 107 Å². The maximum absolute atomic E-state index is 13.2. The van der Waals surface area contributed by atoms with Crippen molar-refractivity contribution in [1.29, 1.82) is 0 Å². The summed E-state index contributed by atoms with van der Waals surface area (Å²) in [6.07, 6.45) is 0. The molecule has 1 aromatic carbocycles. The average Bonchev–Trinajstić information content (AvgIpc) is 2.63. The molecule has 2 rings (SSSR count). The van der Waals surface area contributed by atoms with Crippen LogP contribution in [0.5, 0.6) is 0 Å². The van der Waals surface area contributed by atoms with E-state index in [1.54, 1.807) is 6.07 Å². The molecule has 0 bridgehead atoms. The van der Waals surface area contributed by atoms with E-state index >= 15 is 0 Å².